The van der Waals surface area contributed by atoms with Gasteiger partial charge in [-0.15, -0.1) is 0 Å². The number of hydrogen-bond acceptors (Lipinski definition) is 4. The van der Waals surface area contributed by atoms with Crippen molar-refractivity contribution >= 4 is 17.3 Å². The molecule has 0 aliphatic carbocycles. The lowest BCUT2D eigenvalue weighted by Gasteiger charge is -2.15. The SMILES string of the molecule is CCN[C@H](C)CNC(=O)c1ccccc1Nc1ccc(OC)cc1. The first-order valence-corrected chi connectivity index (χ1v) is 8.15. The van der Waals surface area contributed by atoms with Crippen molar-refractivity contribution in [2.45, 2.75) is 19.9 Å². The number of likely N-dealkylation sites (N-methyl/N-ethyl adjacent to an activating group) is 1. The number of amides is 1. The Balaban J connectivity index is 2.07. The number of benzene rings is 2. The largest absolute Gasteiger partial charge is 0.497 e. The summed E-state index contributed by atoms with van der Waals surface area (Å²) in [5, 5.41) is 9.53. The molecule has 1 atom stereocenters. The van der Waals surface area contributed by atoms with Crippen molar-refractivity contribution in [1.82, 2.24) is 10.6 Å². The summed E-state index contributed by atoms with van der Waals surface area (Å²) in [5.41, 5.74) is 2.30. The lowest BCUT2D eigenvalue weighted by atomic mass is 10.1. The summed E-state index contributed by atoms with van der Waals surface area (Å²) in [6.45, 7) is 5.56. The monoisotopic (exact) mass is 327 g/mol. The third-order valence-electron chi connectivity index (χ3n) is 3.66. The van der Waals surface area contributed by atoms with Gasteiger partial charge in [0.15, 0.2) is 0 Å². The van der Waals surface area contributed by atoms with Crippen molar-refractivity contribution in [1.29, 1.82) is 0 Å². The summed E-state index contributed by atoms with van der Waals surface area (Å²) in [7, 11) is 1.64. The van der Waals surface area contributed by atoms with Crippen molar-refractivity contribution in [3.63, 3.8) is 0 Å². The second-order valence-corrected chi connectivity index (χ2v) is 5.57. The Bertz CT molecular complexity index is 656. The molecule has 3 N–H and O–H groups in total. The number of carbonyl (C=O) groups is 1. The molecule has 2 aromatic carbocycles. The van der Waals surface area contributed by atoms with Gasteiger partial charge in [-0.05, 0) is 49.9 Å². The van der Waals surface area contributed by atoms with Crippen LogP contribution in [0, 0.1) is 0 Å². The normalized spacial score (nSPS) is 11.6. The highest BCUT2D eigenvalue weighted by Crippen LogP contribution is 2.22. The van der Waals surface area contributed by atoms with E-state index in [-0.39, 0.29) is 11.9 Å². The molecule has 0 aliphatic rings. The average Bonchev–Trinajstić information content (AvgIpc) is 2.61. The zero-order valence-corrected chi connectivity index (χ0v) is 14.4. The third-order valence-corrected chi connectivity index (χ3v) is 3.66. The Morgan fingerprint density at radius 3 is 2.50 bits per heavy atom. The number of rotatable bonds is 8. The average molecular weight is 327 g/mol. The van der Waals surface area contributed by atoms with Crippen LogP contribution < -0.4 is 20.7 Å². The Morgan fingerprint density at radius 1 is 1.12 bits per heavy atom. The quantitative estimate of drug-likeness (QED) is 0.697. The molecule has 0 radical (unpaired) electrons. The maximum atomic E-state index is 12.5. The first-order valence-electron chi connectivity index (χ1n) is 8.15. The molecule has 5 heteroatoms. The number of nitrogens with one attached hydrogen (secondary N) is 3. The summed E-state index contributed by atoms with van der Waals surface area (Å²) in [6.07, 6.45) is 0. The Labute approximate surface area is 143 Å². The number of carbonyl (C=O) groups excluding carboxylic acids is 1. The minimum Gasteiger partial charge on any atom is -0.497 e. The van der Waals surface area contributed by atoms with Gasteiger partial charge >= 0.3 is 0 Å². The van der Waals surface area contributed by atoms with Crippen LogP contribution in [-0.2, 0) is 0 Å². The van der Waals surface area contributed by atoms with E-state index < -0.39 is 0 Å². The van der Waals surface area contributed by atoms with Crippen LogP contribution in [0.15, 0.2) is 48.5 Å². The molecule has 1 amide bonds. The minimum absolute atomic E-state index is 0.0867. The molecule has 2 rings (SSSR count). The van der Waals surface area contributed by atoms with E-state index in [1.165, 1.54) is 0 Å². The second kappa shape index (κ2) is 8.93. The second-order valence-electron chi connectivity index (χ2n) is 5.57. The van der Waals surface area contributed by atoms with Gasteiger partial charge in [0.05, 0.1) is 18.4 Å². The zero-order valence-electron chi connectivity index (χ0n) is 14.4. The van der Waals surface area contributed by atoms with E-state index in [2.05, 4.69) is 16.0 Å². The van der Waals surface area contributed by atoms with Gasteiger partial charge in [0.25, 0.3) is 5.91 Å². The number of ether oxygens (including phenoxy) is 1. The molecule has 0 fully saturated rings. The van der Waals surface area contributed by atoms with Crippen LogP contribution in [0.1, 0.15) is 24.2 Å². The molecule has 2 aromatic rings. The molecule has 0 spiro atoms. The molecular weight excluding hydrogens is 302 g/mol. The van der Waals surface area contributed by atoms with Gasteiger partial charge in [0, 0.05) is 18.3 Å². The van der Waals surface area contributed by atoms with Gasteiger partial charge in [-0.1, -0.05) is 19.1 Å². The van der Waals surface area contributed by atoms with Crippen molar-refractivity contribution in [3.8, 4) is 5.75 Å². The van der Waals surface area contributed by atoms with E-state index in [4.69, 9.17) is 4.74 Å². The predicted octanol–water partition coefficient (Wildman–Crippen LogP) is 3.17. The fraction of sp³-hybridized carbons (Fsp3) is 0.316. The lowest BCUT2D eigenvalue weighted by molar-refractivity contribution is 0.0951. The van der Waals surface area contributed by atoms with E-state index in [1.807, 2.05) is 62.4 Å². The maximum Gasteiger partial charge on any atom is 0.253 e. The standard InChI is InChI=1S/C19H25N3O2/c1-4-20-14(2)13-21-19(23)17-7-5-6-8-18(17)22-15-9-11-16(24-3)12-10-15/h5-12,14,20,22H,4,13H2,1-3H3,(H,21,23)/t14-/m1/s1. The number of hydrogen-bond donors (Lipinski definition) is 3. The minimum atomic E-state index is -0.0867. The number of methoxy groups -OCH3 is 1. The fourth-order valence-corrected chi connectivity index (χ4v) is 2.38. The molecule has 0 aromatic heterocycles. The van der Waals surface area contributed by atoms with Crippen LogP contribution in [0.3, 0.4) is 0 Å². The lowest BCUT2D eigenvalue weighted by Crippen LogP contribution is -2.38. The molecule has 0 bridgehead atoms. The summed E-state index contributed by atoms with van der Waals surface area (Å²) < 4.78 is 5.16. The smallest absolute Gasteiger partial charge is 0.253 e. The summed E-state index contributed by atoms with van der Waals surface area (Å²) in [5.74, 6) is 0.709. The van der Waals surface area contributed by atoms with Crippen molar-refractivity contribution in [2.75, 3.05) is 25.5 Å². The van der Waals surface area contributed by atoms with Crippen LogP contribution in [0.4, 0.5) is 11.4 Å². The predicted molar refractivity (Wildman–Crippen MR) is 98.2 cm³/mol. The number of para-hydroxylation sites is 1. The van der Waals surface area contributed by atoms with Gasteiger partial charge in [0.1, 0.15) is 5.75 Å². The van der Waals surface area contributed by atoms with Gasteiger partial charge in [-0.25, -0.2) is 0 Å². The maximum absolute atomic E-state index is 12.5. The first-order chi connectivity index (χ1) is 11.6. The third kappa shape index (κ3) is 4.99. The Kier molecular flexibility index (Phi) is 6.63. The van der Waals surface area contributed by atoms with Crippen LogP contribution in [0.25, 0.3) is 0 Å². The van der Waals surface area contributed by atoms with E-state index in [9.17, 15) is 4.79 Å². The van der Waals surface area contributed by atoms with Crippen molar-refractivity contribution in [3.05, 3.63) is 54.1 Å². The van der Waals surface area contributed by atoms with Gasteiger partial charge in [0.2, 0.25) is 0 Å². The van der Waals surface area contributed by atoms with E-state index in [0.717, 1.165) is 23.7 Å². The van der Waals surface area contributed by atoms with E-state index in [1.54, 1.807) is 7.11 Å². The molecule has 24 heavy (non-hydrogen) atoms. The molecule has 0 heterocycles. The van der Waals surface area contributed by atoms with Crippen LogP contribution in [0.2, 0.25) is 0 Å². The van der Waals surface area contributed by atoms with Crippen LogP contribution in [0.5, 0.6) is 5.75 Å². The summed E-state index contributed by atoms with van der Waals surface area (Å²) >= 11 is 0. The van der Waals surface area contributed by atoms with Gasteiger partial charge in [-0.3, -0.25) is 4.79 Å². The number of anilines is 2. The van der Waals surface area contributed by atoms with Crippen LogP contribution in [-0.4, -0.2) is 32.1 Å². The zero-order chi connectivity index (χ0) is 17.4. The molecular formula is C19H25N3O2. The highest BCUT2D eigenvalue weighted by Gasteiger charge is 2.12. The summed E-state index contributed by atoms with van der Waals surface area (Å²) in [4.78, 5) is 12.5. The van der Waals surface area contributed by atoms with Gasteiger partial charge < -0.3 is 20.7 Å². The molecule has 128 valence electrons. The van der Waals surface area contributed by atoms with Gasteiger partial charge in [-0.2, -0.15) is 0 Å². The molecule has 5 nitrogen and oxygen atoms in total. The van der Waals surface area contributed by atoms with E-state index >= 15 is 0 Å². The molecule has 0 unspecified atom stereocenters. The van der Waals surface area contributed by atoms with Crippen molar-refractivity contribution < 1.29 is 9.53 Å². The highest BCUT2D eigenvalue weighted by molar-refractivity contribution is 6.00. The Morgan fingerprint density at radius 2 is 1.83 bits per heavy atom. The topological polar surface area (TPSA) is 62.4 Å². The fourth-order valence-electron chi connectivity index (χ4n) is 2.38. The molecule has 0 aliphatic heterocycles. The molecule has 0 saturated carbocycles. The summed E-state index contributed by atoms with van der Waals surface area (Å²) in [6, 6.07) is 15.3. The Hall–Kier alpha value is -2.53. The highest BCUT2D eigenvalue weighted by atomic mass is 16.5. The van der Waals surface area contributed by atoms with Crippen LogP contribution >= 0.6 is 0 Å². The molecule has 0 saturated heterocycles. The first kappa shape index (κ1) is 17.8. The van der Waals surface area contributed by atoms with E-state index in [0.29, 0.717) is 12.1 Å². The van der Waals surface area contributed by atoms with Crippen molar-refractivity contribution in [2.24, 2.45) is 0 Å².